The first-order valence-electron chi connectivity index (χ1n) is 11.7. The van der Waals surface area contributed by atoms with E-state index < -0.39 is 23.4 Å². The summed E-state index contributed by atoms with van der Waals surface area (Å²) in [6.07, 6.45) is 1.93. The third-order valence-corrected chi connectivity index (χ3v) is 3.78. The number of ether oxygens (including phenoxy) is 3. The SMILES string of the molecule is CCOC(=O)CCC(=O)NCCCCCCN=C(NC(=O)OC(C)(C)C)NC(=O)OC(C)(C)C. The van der Waals surface area contributed by atoms with Gasteiger partial charge in [0.2, 0.25) is 11.9 Å². The molecule has 0 unspecified atom stereocenters. The molecule has 0 rings (SSSR count). The van der Waals surface area contributed by atoms with Crippen LogP contribution in [0, 0.1) is 0 Å². The summed E-state index contributed by atoms with van der Waals surface area (Å²) in [6, 6.07) is 0. The van der Waals surface area contributed by atoms with Crippen molar-refractivity contribution in [1.29, 1.82) is 0 Å². The molecular weight excluding hydrogens is 444 g/mol. The van der Waals surface area contributed by atoms with Gasteiger partial charge in [-0.15, -0.1) is 0 Å². The molecule has 0 saturated carbocycles. The van der Waals surface area contributed by atoms with Crippen LogP contribution in [0.5, 0.6) is 0 Å². The van der Waals surface area contributed by atoms with Crippen LogP contribution < -0.4 is 16.0 Å². The Hall–Kier alpha value is -2.85. The van der Waals surface area contributed by atoms with Gasteiger partial charge in [0.25, 0.3) is 0 Å². The number of rotatable bonds is 11. The summed E-state index contributed by atoms with van der Waals surface area (Å²) >= 11 is 0. The van der Waals surface area contributed by atoms with Gasteiger partial charge >= 0.3 is 18.2 Å². The van der Waals surface area contributed by atoms with Crippen molar-refractivity contribution in [3.63, 3.8) is 0 Å². The highest BCUT2D eigenvalue weighted by molar-refractivity contribution is 6.01. The summed E-state index contributed by atoms with van der Waals surface area (Å²) in [5.41, 5.74) is -1.40. The van der Waals surface area contributed by atoms with E-state index in [-0.39, 0.29) is 30.7 Å². The molecule has 0 atom stereocenters. The number of nitrogens with one attached hydrogen (secondary N) is 3. The Kier molecular flexibility index (Phi) is 14.6. The number of alkyl carbamates (subject to hydrolysis) is 2. The van der Waals surface area contributed by atoms with Crippen molar-refractivity contribution in [3.8, 4) is 0 Å². The van der Waals surface area contributed by atoms with Crippen LogP contribution in [-0.4, -0.2) is 60.9 Å². The van der Waals surface area contributed by atoms with Gasteiger partial charge in [-0.25, -0.2) is 9.59 Å². The fourth-order valence-corrected chi connectivity index (χ4v) is 2.46. The zero-order chi connectivity index (χ0) is 26.2. The van der Waals surface area contributed by atoms with Gasteiger partial charge in [-0.3, -0.25) is 25.2 Å². The van der Waals surface area contributed by atoms with Gasteiger partial charge in [0.15, 0.2) is 0 Å². The molecule has 0 spiro atoms. The van der Waals surface area contributed by atoms with Crippen molar-refractivity contribution in [2.45, 2.75) is 98.2 Å². The molecule has 0 aliphatic carbocycles. The lowest BCUT2D eigenvalue weighted by molar-refractivity contribution is -0.144. The molecule has 0 aromatic rings. The maximum atomic E-state index is 12.0. The van der Waals surface area contributed by atoms with Gasteiger partial charge < -0.3 is 19.5 Å². The summed E-state index contributed by atoms with van der Waals surface area (Å²) in [6.45, 7) is 13.3. The molecule has 3 amide bonds. The fourth-order valence-electron chi connectivity index (χ4n) is 2.46. The number of guanidine groups is 1. The molecule has 0 radical (unpaired) electrons. The Balaban J connectivity index is 4.38. The number of esters is 1. The average Bonchev–Trinajstić information content (AvgIpc) is 2.65. The van der Waals surface area contributed by atoms with Gasteiger partial charge in [0.05, 0.1) is 13.0 Å². The quantitative estimate of drug-likeness (QED) is 0.133. The minimum atomic E-state index is -0.735. The van der Waals surface area contributed by atoms with Crippen LogP contribution in [0.3, 0.4) is 0 Å². The van der Waals surface area contributed by atoms with Crippen LogP contribution in [0.25, 0.3) is 0 Å². The molecule has 0 aromatic carbocycles. The molecule has 0 heterocycles. The molecule has 0 saturated heterocycles. The first-order valence-corrected chi connectivity index (χ1v) is 11.7. The number of amides is 3. The topological polar surface area (TPSA) is 144 Å². The predicted molar refractivity (Wildman–Crippen MR) is 128 cm³/mol. The highest BCUT2D eigenvalue weighted by Crippen LogP contribution is 2.08. The van der Waals surface area contributed by atoms with Gasteiger partial charge in [0.1, 0.15) is 11.2 Å². The number of carbonyl (C=O) groups is 4. The molecule has 0 aliphatic rings. The fraction of sp³-hybridized carbons (Fsp3) is 0.783. The summed E-state index contributed by atoms with van der Waals surface area (Å²) in [5.74, 6) is -0.596. The van der Waals surface area contributed by atoms with E-state index in [0.717, 1.165) is 19.3 Å². The Morgan fingerprint density at radius 2 is 1.29 bits per heavy atom. The molecule has 0 bridgehead atoms. The number of aliphatic imine (C=N–C) groups is 1. The Morgan fingerprint density at radius 1 is 0.765 bits per heavy atom. The van der Waals surface area contributed by atoms with Crippen LogP contribution in [0.15, 0.2) is 4.99 Å². The number of hydrogen-bond donors (Lipinski definition) is 3. The molecule has 11 heteroatoms. The summed E-state index contributed by atoms with van der Waals surface area (Å²) < 4.78 is 15.2. The van der Waals surface area contributed by atoms with E-state index in [4.69, 9.17) is 14.2 Å². The minimum absolute atomic E-state index is 0.0441. The minimum Gasteiger partial charge on any atom is -0.466 e. The van der Waals surface area contributed by atoms with E-state index >= 15 is 0 Å². The highest BCUT2D eigenvalue weighted by atomic mass is 16.6. The first kappa shape index (κ1) is 31.1. The average molecular weight is 487 g/mol. The van der Waals surface area contributed by atoms with Crippen molar-refractivity contribution in [2.75, 3.05) is 19.7 Å². The number of carbonyl (C=O) groups excluding carboxylic acids is 4. The van der Waals surface area contributed by atoms with Gasteiger partial charge in [-0.05, 0) is 61.3 Å². The third kappa shape index (κ3) is 19.8. The summed E-state index contributed by atoms with van der Waals surface area (Å²) in [7, 11) is 0. The lowest BCUT2D eigenvalue weighted by atomic mass is 10.2. The van der Waals surface area contributed by atoms with Crippen molar-refractivity contribution in [3.05, 3.63) is 0 Å². The van der Waals surface area contributed by atoms with Gasteiger partial charge in [-0.1, -0.05) is 12.8 Å². The van der Waals surface area contributed by atoms with E-state index in [1.54, 1.807) is 48.5 Å². The molecule has 34 heavy (non-hydrogen) atoms. The lowest BCUT2D eigenvalue weighted by Gasteiger charge is -2.22. The number of unbranched alkanes of at least 4 members (excludes halogenated alkanes) is 3. The van der Waals surface area contributed by atoms with Crippen molar-refractivity contribution in [2.24, 2.45) is 4.99 Å². The van der Waals surface area contributed by atoms with Gasteiger partial charge in [0, 0.05) is 19.5 Å². The monoisotopic (exact) mass is 486 g/mol. The third-order valence-electron chi connectivity index (χ3n) is 3.78. The standard InChI is InChI=1S/C23H42N4O7/c1-8-32-18(29)14-13-17(28)24-15-11-9-10-12-16-25-19(26-20(30)33-22(2,3)4)27-21(31)34-23(5,6)7/h8-16H2,1-7H3,(H,24,28)(H2,25,26,27,30,31). The zero-order valence-corrected chi connectivity index (χ0v) is 21.7. The summed E-state index contributed by atoms with van der Waals surface area (Å²) in [5, 5.41) is 7.65. The molecular formula is C23H42N4O7. The van der Waals surface area contributed by atoms with E-state index in [1.165, 1.54) is 0 Å². The normalized spacial score (nSPS) is 11.1. The second kappa shape index (κ2) is 15.9. The second-order valence-electron chi connectivity index (χ2n) is 9.55. The smallest absolute Gasteiger partial charge is 0.414 e. The zero-order valence-electron chi connectivity index (χ0n) is 21.7. The molecule has 0 aromatic heterocycles. The molecule has 0 aliphatic heterocycles. The van der Waals surface area contributed by atoms with E-state index in [0.29, 0.717) is 26.1 Å². The lowest BCUT2D eigenvalue weighted by Crippen LogP contribution is -2.47. The largest absolute Gasteiger partial charge is 0.466 e. The summed E-state index contributed by atoms with van der Waals surface area (Å²) in [4.78, 5) is 51.3. The van der Waals surface area contributed by atoms with Crippen molar-refractivity contribution >= 4 is 30.0 Å². The van der Waals surface area contributed by atoms with Crippen LogP contribution >= 0.6 is 0 Å². The van der Waals surface area contributed by atoms with E-state index in [9.17, 15) is 19.2 Å². The highest BCUT2D eigenvalue weighted by Gasteiger charge is 2.21. The van der Waals surface area contributed by atoms with Crippen molar-refractivity contribution < 1.29 is 33.4 Å². The number of hydrogen-bond acceptors (Lipinski definition) is 8. The first-order chi connectivity index (χ1) is 15.7. The molecule has 196 valence electrons. The maximum Gasteiger partial charge on any atom is 0.414 e. The van der Waals surface area contributed by atoms with E-state index in [2.05, 4.69) is 20.9 Å². The van der Waals surface area contributed by atoms with E-state index in [1.807, 2.05) is 0 Å². The van der Waals surface area contributed by atoms with Crippen LogP contribution in [0.2, 0.25) is 0 Å². The van der Waals surface area contributed by atoms with Gasteiger partial charge in [-0.2, -0.15) is 0 Å². The molecule has 3 N–H and O–H groups in total. The van der Waals surface area contributed by atoms with Crippen LogP contribution in [-0.2, 0) is 23.8 Å². The predicted octanol–water partition coefficient (Wildman–Crippen LogP) is 3.41. The molecule has 11 nitrogen and oxygen atoms in total. The maximum absolute atomic E-state index is 12.0. The van der Waals surface area contributed by atoms with Crippen LogP contribution in [0.1, 0.15) is 87.0 Å². The van der Waals surface area contributed by atoms with Crippen LogP contribution in [0.4, 0.5) is 9.59 Å². The Bertz CT molecular complexity index is 662. The second-order valence-corrected chi connectivity index (χ2v) is 9.55. The molecule has 0 fully saturated rings. The number of nitrogens with zero attached hydrogens (tertiary/aromatic N) is 1. The Morgan fingerprint density at radius 3 is 1.79 bits per heavy atom. The van der Waals surface area contributed by atoms with Crippen molar-refractivity contribution in [1.82, 2.24) is 16.0 Å². The Labute approximate surface area is 202 Å².